The van der Waals surface area contributed by atoms with E-state index in [1.54, 1.807) is 0 Å². The number of carbonyl (C=O) groups excluding carboxylic acids is 2. The molecule has 1 saturated heterocycles. The van der Waals surface area contributed by atoms with Crippen LogP contribution in [0.2, 0.25) is 0 Å². The Balaban J connectivity index is 2.66. The van der Waals surface area contributed by atoms with Crippen molar-refractivity contribution in [3.63, 3.8) is 0 Å². The Bertz CT molecular complexity index is 290. The second kappa shape index (κ2) is 4.88. The van der Waals surface area contributed by atoms with Crippen molar-refractivity contribution in [2.24, 2.45) is 0 Å². The van der Waals surface area contributed by atoms with Gasteiger partial charge in [-0.25, -0.2) is 0 Å². The van der Waals surface area contributed by atoms with Gasteiger partial charge in [0.25, 0.3) is 0 Å². The number of hydrogen-bond acceptors (Lipinski definition) is 4. The molecular formula is C9H14N2O4. The summed E-state index contributed by atoms with van der Waals surface area (Å²) in [7, 11) is 0. The molecule has 0 spiro atoms. The van der Waals surface area contributed by atoms with E-state index in [1.165, 1.54) is 4.90 Å². The third-order valence-electron chi connectivity index (χ3n) is 2.23. The number of carbonyl (C=O) groups is 3. The lowest BCUT2D eigenvalue weighted by atomic mass is 10.2. The Morgan fingerprint density at radius 1 is 1.60 bits per heavy atom. The van der Waals surface area contributed by atoms with Gasteiger partial charge in [-0.3, -0.25) is 24.6 Å². The van der Waals surface area contributed by atoms with E-state index in [4.69, 9.17) is 5.11 Å². The summed E-state index contributed by atoms with van der Waals surface area (Å²) in [5, 5.41) is 10.8. The zero-order chi connectivity index (χ0) is 11.4. The number of hydrogen-bond donors (Lipinski definition) is 2. The third kappa shape index (κ3) is 3.02. The van der Waals surface area contributed by atoms with E-state index in [0.717, 1.165) is 6.42 Å². The Hall–Kier alpha value is -1.43. The number of carboxylic acids is 1. The molecule has 1 aliphatic heterocycles. The van der Waals surface area contributed by atoms with Crippen LogP contribution < -0.4 is 5.32 Å². The highest BCUT2D eigenvalue weighted by Crippen LogP contribution is 2.11. The SMILES string of the molecule is CCCN(CC(=O)O)C1CC(=O)NC1=O. The van der Waals surface area contributed by atoms with Gasteiger partial charge < -0.3 is 5.11 Å². The predicted octanol–water partition coefficient (Wildman–Crippen LogP) is -0.802. The highest BCUT2D eigenvalue weighted by molar-refractivity contribution is 6.05. The Morgan fingerprint density at radius 2 is 2.27 bits per heavy atom. The van der Waals surface area contributed by atoms with Crippen LogP contribution in [-0.4, -0.2) is 46.9 Å². The molecule has 0 aromatic rings. The quantitative estimate of drug-likeness (QED) is 0.585. The lowest BCUT2D eigenvalue weighted by Crippen LogP contribution is -2.43. The Labute approximate surface area is 87.2 Å². The van der Waals surface area contributed by atoms with Gasteiger partial charge in [-0.05, 0) is 13.0 Å². The zero-order valence-corrected chi connectivity index (χ0v) is 8.52. The van der Waals surface area contributed by atoms with Crippen LogP contribution in [0.5, 0.6) is 0 Å². The Kier molecular flexibility index (Phi) is 3.79. The van der Waals surface area contributed by atoms with Crippen molar-refractivity contribution in [2.75, 3.05) is 13.1 Å². The minimum Gasteiger partial charge on any atom is -0.480 e. The van der Waals surface area contributed by atoms with Crippen LogP contribution in [-0.2, 0) is 14.4 Å². The van der Waals surface area contributed by atoms with Crippen LogP contribution in [0.1, 0.15) is 19.8 Å². The number of carboxylic acid groups (broad SMARTS) is 1. The first-order chi connectivity index (χ1) is 7.04. The van der Waals surface area contributed by atoms with Crippen molar-refractivity contribution < 1.29 is 19.5 Å². The summed E-state index contributed by atoms with van der Waals surface area (Å²) in [6.07, 6.45) is 0.803. The second-order valence-electron chi connectivity index (χ2n) is 3.50. The molecule has 15 heavy (non-hydrogen) atoms. The molecule has 0 bridgehead atoms. The van der Waals surface area contributed by atoms with E-state index in [0.29, 0.717) is 6.54 Å². The van der Waals surface area contributed by atoms with Gasteiger partial charge in [0.15, 0.2) is 0 Å². The molecule has 2 amide bonds. The van der Waals surface area contributed by atoms with Gasteiger partial charge >= 0.3 is 5.97 Å². The summed E-state index contributed by atoms with van der Waals surface area (Å²) in [5.41, 5.74) is 0. The van der Waals surface area contributed by atoms with Gasteiger partial charge in [-0.15, -0.1) is 0 Å². The van der Waals surface area contributed by atoms with Gasteiger partial charge in [-0.1, -0.05) is 6.92 Å². The standard InChI is InChI=1S/C9H14N2O4/c1-2-3-11(5-8(13)14)6-4-7(12)10-9(6)15/h6H,2-5H2,1H3,(H,13,14)(H,10,12,15). The van der Waals surface area contributed by atoms with Crippen LogP contribution >= 0.6 is 0 Å². The zero-order valence-electron chi connectivity index (χ0n) is 8.52. The van der Waals surface area contributed by atoms with E-state index in [-0.39, 0.29) is 18.9 Å². The average Bonchev–Trinajstić information content (AvgIpc) is 2.44. The Morgan fingerprint density at radius 3 is 2.67 bits per heavy atom. The maximum atomic E-state index is 11.3. The van der Waals surface area contributed by atoms with Gasteiger partial charge in [-0.2, -0.15) is 0 Å². The summed E-state index contributed by atoms with van der Waals surface area (Å²) in [6.45, 7) is 2.18. The molecule has 6 heteroatoms. The van der Waals surface area contributed by atoms with Gasteiger partial charge in [0, 0.05) is 0 Å². The van der Waals surface area contributed by atoms with E-state index in [1.807, 2.05) is 6.92 Å². The number of aliphatic carboxylic acids is 1. The van der Waals surface area contributed by atoms with Gasteiger partial charge in [0.05, 0.1) is 19.0 Å². The summed E-state index contributed by atoms with van der Waals surface area (Å²) in [5.74, 6) is -1.72. The van der Waals surface area contributed by atoms with Crippen molar-refractivity contribution in [1.82, 2.24) is 10.2 Å². The highest BCUT2D eigenvalue weighted by atomic mass is 16.4. The molecular weight excluding hydrogens is 200 g/mol. The fraction of sp³-hybridized carbons (Fsp3) is 0.667. The fourth-order valence-electron chi connectivity index (χ4n) is 1.64. The molecule has 2 N–H and O–H groups in total. The molecule has 1 heterocycles. The van der Waals surface area contributed by atoms with Crippen molar-refractivity contribution in [1.29, 1.82) is 0 Å². The molecule has 84 valence electrons. The predicted molar refractivity (Wildman–Crippen MR) is 51.1 cm³/mol. The number of amides is 2. The first-order valence-electron chi connectivity index (χ1n) is 4.84. The van der Waals surface area contributed by atoms with E-state index in [9.17, 15) is 14.4 Å². The van der Waals surface area contributed by atoms with Crippen LogP contribution in [0, 0.1) is 0 Å². The first-order valence-corrected chi connectivity index (χ1v) is 4.84. The maximum Gasteiger partial charge on any atom is 0.317 e. The molecule has 1 rings (SSSR count). The molecule has 0 aromatic carbocycles. The maximum absolute atomic E-state index is 11.3. The van der Waals surface area contributed by atoms with Crippen LogP contribution in [0.25, 0.3) is 0 Å². The molecule has 1 aliphatic rings. The molecule has 1 unspecified atom stereocenters. The third-order valence-corrected chi connectivity index (χ3v) is 2.23. The number of imide groups is 1. The number of rotatable bonds is 5. The molecule has 0 saturated carbocycles. The highest BCUT2D eigenvalue weighted by Gasteiger charge is 2.35. The van der Waals surface area contributed by atoms with E-state index >= 15 is 0 Å². The smallest absolute Gasteiger partial charge is 0.317 e. The van der Waals surface area contributed by atoms with Crippen molar-refractivity contribution in [2.45, 2.75) is 25.8 Å². The molecule has 6 nitrogen and oxygen atoms in total. The lowest BCUT2D eigenvalue weighted by molar-refractivity contribution is -0.139. The number of nitrogens with one attached hydrogen (secondary N) is 1. The summed E-state index contributed by atoms with van der Waals surface area (Å²) in [4.78, 5) is 34.4. The normalized spacial score (nSPS) is 20.8. The van der Waals surface area contributed by atoms with Gasteiger partial charge in [0.2, 0.25) is 11.8 Å². The summed E-state index contributed by atoms with van der Waals surface area (Å²) < 4.78 is 0. The van der Waals surface area contributed by atoms with Crippen LogP contribution in [0.3, 0.4) is 0 Å². The fourth-order valence-corrected chi connectivity index (χ4v) is 1.64. The first kappa shape index (κ1) is 11.6. The van der Waals surface area contributed by atoms with Gasteiger partial charge in [0.1, 0.15) is 0 Å². The van der Waals surface area contributed by atoms with E-state index < -0.39 is 17.9 Å². The number of nitrogens with zero attached hydrogens (tertiary/aromatic N) is 1. The molecule has 1 fully saturated rings. The molecule has 0 aliphatic carbocycles. The topological polar surface area (TPSA) is 86.7 Å². The van der Waals surface area contributed by atoms with Crippen LogP contribution in [0.15, 0.2) is 0 Å². The second-order valence-corrected chi connectivity index (χ2v) is 3.50. The van der Waals surface area contributed by atoms with Crippen molar-refractivity contribution in [3.05, 3.63) is 0 Å². The largest absolute Gasteiger partial charge is 0.480 e. The summed E-state index contributed by atoms with van der Waals surface area (Å²) in [6, 6.07) is -0.617. The van der Waals surface area contributed by atoms with Crippen LogP contribution in [0.4, 0.5) is 0 Å². The molecule has 0 radical (unpaired) electrons. The van der Waals surface area contributed by atoms with Crippen molar-refractivity contribution >= 4 is 17.8 Å². The molecule has 0 aromatic heterocycles. The minimum absolute atomic E-state index is 0.0616. The van der Waals surface area contributed by atoms with Crippen molar-refractivity contribution in [3.8, 4) is 0 Å². The molecule has 1 atom stereocenters. The monoisotopic (exact) mass is 214 g/mol. The van der Waals surface area contributed by atoms with E-state index in [2.05, 4.69) is 5.32 Å². The summed E-state index contributed by atoms with van der Waals surface area (Å²) >= 11 is 0. The lowest BCUT2D eigenvalue weighted by Gasteiger charge is -2.23. The minimum atomic E-state index is -0.990. The average molecular weight is 214 g/mol.